The number of nitrogens with one attached hydrogen (secondary N) is 1. The van der Waals surface area contributed by atoms with Gasteiger partial charge in [0.1, 0.15) is 11.6 Å². The topological polar surface area (TPSA) is 110 Å². The molecule has 0 radical (unpaired) electrons. The Bertz CT molecular complexity index is 1460. The molecule has 0 aliphatic rings. The van der Waals surface area contributed by atoms with Gasteiger partial charge in [-0.25, -0.2) is 4.79 Å². The van der Waals surface area contributed by atoms with Crippen LogP contribution in [0.15, 0.2) is 82.4 Å². The monoisotopic (exact) mass is 472 g/mol. The lowest BCUT2D eigenvalue weighted by molar-refractivity contribution is -0.120. The second kappa shape index (κ2) is 10.3. The Hall–Kier alpha value is -4.33. The minimum Gasteiger partial charge on any atom is -0.484 e. The first-order chi connectivity index (χ1) is 16.8. The van der Waals surface area contributed by atoms with Gasteiger partial charge in [0.15, 0.2) is 12.3 Å². The van der Waals surface area contributed by atoms with Crippen molar-refractivity contribution in [2.24, 2.45) is 5.92 Å². The van der Waals surface area contributed by atoms with E-state index in [0.29, 0.717) is 5.75 Å². The number of nitrogens with zero attached hydrogens (tertiary/aromatic N) is 2. The van der Waals surface area contributed by atoms with Crippen LogP contribution < -0.4 is 26.6 Å². The summed E-state index contributed by atoms with van der Waals surface area (Å²) in [5, 5.41) is 2.05. The van der Waals surface area contributed by atoms with Crippen molar-refractivity contribution in [2.45, 2.75) is 20.4 Å². The van der Waals surface area contributed by atoms with Crippen molar-refractivity contribution in [3.63, 3.8) is 0 Å². The standard InChI is InChI=1S/C27H28N4O4/c1-18(2)15-30(23(32)17-35-22-13-12-20-10-6-7-11-21(20)14-22)24-25(28)31(27(34)29-26(24)33)16-19-8-4-3-5-9-19/h3-14,18H,15-17,28H2,1-2H3,(H,29,33,34). The van der Waals surface area contributed by atoms with Crippen molar-refractivity contribution in [3.05, 3.63) is 99.2 Å². The van der Waals surface area contributed by atoms with E-state index in [1.165, 1.54) is 9.47 Å². The van der Waals surface area contributed by atoms with Gasteiger partial charge in [0.2, 0.25) is 0 Å². The molecule has 3 N–H and O–H groups in total. The number of hydrogen-bond acceptors (Lipinski definition) is 5. The zero-order valence-corrected chi connectivity index (χ0v) is 19.7. The summed E-state index contributed by atoms with van der Waals surface area (Å²) in [6, 6.07) is 22.7. The Morgan fingerprint density at radius 2 is 1.69 bits per heavy atom. The van der Waals surface area contributed by atoms with E-state index in [2.05, 4.69) is 4.98 Å². The molecule has 4 rings (SSSR count). The third-order valence-corrected chi connectivity index (χ3v) is 5.60. The number of ether oxygens (including phenoxy) is 1. The van der Waals surface area contributed by atoms with Gasteiger partial charge in [-0.15, -0.1) is 0 Å². The molecular formula is C27H28N4O4. The number of carbonyl (C=O) groups is 1. The number of hydrogen-bond donors (Lipinski definition) is 2. The highest BCUT2D eigenvalue weighted by molar-refractivity contribution is 5.96. The van der Waals surface area contributed by atoms with E-state index in [-0.39, 0.29) is 37.1 Å². The Kier molecular flexibility index (Phi) is 7.01. The van der Waals surface area contributed by atoms with Crippen molar-refractivity contribution in [2.75, 3.05) is 23.8 Å². The third-order valence-electron chi connectivity index (χ3n) is 5.60. The fourth-order valence-electron chi connectivity index (χ4n) is 3.92. The molecule has 8 nitrogen and oxygen atoms in total. The number of rotatable bonds is 8. The van der Waals surface area contributed by atoms with Crippen molar-refractivity contribution in [1.29, 1.82) is 0 Å². The van der Waals surface area contributed by atoms with Crippen LogP contribution in [0.4, 0.5) is 11.5 Å². The molecule has 8 heteroatoms. The molecule has 0 spiro atoms. The van der Waals surface area contributed by atoms with E-state index in [1.807, 2.05) is 80.6 Å². The fraction of sp³-hybridized carbons (Fsp3) is 0.222. The average Bonchev–Trinajstić information content (AvgIpc) is 2.84. The van der Waals surface area contributed by atoms with Crippen LogP contribution in [0.1, 0.15) is 19.4 Å². The fourth-order valence-corrected chi connectivity index (χ4v) is 3.92. The third kappa shape index (κ3) is 5.43. The smallest absolute Gasteiger partial charge is 0.330 e. The number of aromatic amines is 1. The first kappa shape index (κ1) is 23.8. The number of fused-ring (bicyclic) bond motifs is 1. The predicted molar refractivity (Wildman–Crippen MR) is 138 cm³/mol. The predicted octanol–water partition coefficient (Wildman–Crippen LogP) is 3.39. The van der Waals surface area contributed by atoms with Gasteiger partial charge >= 0.3 is 5.69 Å². The second-order valence-electron chi connectivity index (χ2n) is 8.76. The molecule has 4 aromatic rings. The number of anilines is 2. The molecule has 0 aliphatic carbocycles. The number of H-pyrrole nitrogens is 1. The molecule has 0 fully saturated rings. The van der Waals surface area contributed by atoms with E-state index in [1.54, 1.807) is 6.07 Å². The van der Waals surface area contributed by atoms with Crippen molar-refractivity contribution >= 4 is 28.2 Å². The lowest BCUT2D eigenvalue weighted by Gasteiger charge is -2.26. The minimum atomic E-state index is -0.712. The molecule has 0 aliphatic heterocycles. The number of carbonyl (C=O) groups excluding carboxylic acids is 1. The van der Waals surface area contributed by atoms with Crippen LogP contribution in [-0.4, -0.2) is 28.6 Å². The van der Waals surface area contributed by atoms with Crippen LogP contribution in [0.25, 0.3) is 10.8 Å². The second-order valence-corrected chi connectivity index (χ2v) is 8.76. The first-order valence-electron chi connectivity index (χ1n) is 11.4. The van der Waals surface area contributed by atoms with Crippen LogP contribution >= 0.6 is 0 Å². The number of amides is 1. The van der Waals surface area contributed by atoms with E-state index < -0.39 is 17.2 Å². The number of nitrogens with two attached hydrogens (primary N) is 1. The highest BCUT2D eigenvalue weighted by Gasteiger charge is 2.25. The molecule has 1 heterocycles. The average molecular weight is 473 g/mol. The molecule has 35 heavy (non-hydrogen) atoms. The molecule has 3 aromatic carbocycles. The van der Waals surface area contributed by atoms with Crippen LogP contribution in [-0.2, 0) is 11.3 Å². The summed E-state index contributed by atoms with van der Waals surface area (Å²) < 4.78 is 7.04. The summed E-state index contributed by atoms with van der Waals surface area (Å²) in [7, 11) is 0. The van der Waals surface area contributed by atoms with Gasteiger partial charge in [-0.2, -0.15) is 0 Å². The summed E-state index contributed by atoms with van der Waals surface area (Å²) in [5.74, 6) is 0.0710. The maximum Gasteiger partial charge on any atom is 0.330 e. The van der Waals surface area contributed by atoms with E-state index in [0.717, 1.165) is 16.3 Å². The number of benzene rings is 3. The zero-order valence-electron chi connectivity index (χ0n) is 19.7. The van der Waals surface area contributed by atoms with Crippen molar-refractivity contribution < 1.29 is 9.53 Å². The summed E-state index contributed by atoms with van der Waals surface area (Å²) in [6.07, 6.45) is 0. The maximum atomic E-state index is 13.3. The molecule has 0 unspecified atom stereocenters. The van der Waals surface area contributed by atoms with E-state index in [4.69, 9.17) is 10.5 Å². The van der Waals surface area contributed by atoms with Crippen molar-refractivity contribution in [1.82, 2.24) is 9.55 Å². The summed E-state index contributed by atoms with van der Waals surface area (Å²) >= 11 is 0. The first-order valence-corrected chi connectivity index (χ1v) is 11.4. The van der Waals surface area contributed by atoms with Crippen LogP contribution in [0.2, 0.25) is 0 Å². The molecule has 0 saturated carbocycles. The largest absolute Gasteiger partial charge is 0.484 e. The summed E-state index contributed by atoms with van der Waals surface area (Å²) in [5.41, 5.74) is 5.76. The highest BCUT2D eigenvalue weighted by Crippen LogP contribution is 2.22. The molecule has 0 atom stereocenters. The lowest BCUT2D eigenvalue weighted by atomic mass is 10.1. The van der Waals surface area contributed by atoms with Gasteiger partial charge in [-0.3, -0.25) is 19.1 Å². The SMILES string of the molecule is CC(C)CN(C(=O)COc1ccc2ccccc2c1)c1c(N)n(Cc2ccccc2)c(=O)[nH]c1=O. The molecule has 1 aromatic heterocycles. The van der Waals surface area contributed by atoms with Gasteiger partial charge in [0, 0.05) is 6.54 Å². The normalized spacial score (nSPS) is 11.1. The van der Waals surface area contributed by atoms with Gasteiger partial charge in [0.25, 0.3) is 11.5 Å². The van der Waals surface area contributed by atoms with Gasteiger partial charge < -0.3 is 15.4 Å². The van der Waals surface area contributed by atoms with E-state index >= 15 is 0 Å². The van der Waals surface area contributed by atoms with Crippen LogP contribution in [0.3, 0.4) is 0 Å². The summed E-state index contributed by atoms with van der Waals surface area (Å²) in [4.78, 5) is 42.3. The Balaban J connectivity index is 1.64. The highest BCUT2D eigenvalue weighted by atomic mass is 16.5. The van der Waals surface area contributed by atoms with Gasteiger partial charge in [-0.05, 0) is 34.4 Å². The molecule has 0 bridgehead atoms. The molecule has 1 amide bonds. The van der Waals surface area contributed by atoms with Crippen molar-refractivity contribution in [3.8, 4) is 5.75 Å². The Morgan fingerprint density at radius 1 is 1.00 bits per heavy atom. The zero-order chi connectivity index (χ0) is 24.9. The quantitative estimate of drug-likeness (QED) is 0.408. The van der Waals surface area contributed by atoms with E-state index in [9.17, 15) is 14.4 Å². The van der Waals surface area contributed by atoms with Crippen LogP contribution in [0.5, 0.6) is 5.75 Å². The molecular weight excluding hydrogens is 444 g/mol. The Morgan fingerprint density at radius 3 is 2.40 bits per heavy atom. The number of nitrogen functional groups attached to an aromatic ring is 1. The summed E-state index contributed by atoms with van der Waals surface area (Å²) in [6.45, 7) is 3.95. The maximum absolute atomic E-state index is 13.3. The number of aromatic nitrogens is 2. The van der Waals surface area contributed by atoms with Gasteiger partial charge in [0.05, 0.1) is 6.54 Å². The van der Waals surface area contributed by atoms with Gasteiger partial charge in [-0.1, -0.05) is 74.5 Å². The minimum absolute atomic E-state index is 0.0351. The van der Waals surface area contributed by atoms with Crippen LogP contribution in [0, 0.1) is 5.92 Å². The Labute approximate surface area is 202 Å². The molecule has 180 valence electrons. The molecule has 0 saturated heterocycles. The lowest BCUT2D eigenvalue weighted by Crippen LogP contribution is -2.44.